The molecule has 0 saturated heterocycles. The third-order valence-corrected chi connectivity index (χ3v) is 1.60. The van der Waals surface area contributed by atoms with Crippen LogP contribution in [0.15, 0.2) is 4.99 Å². The van der Waals surface area contributed by atoms with Gasteiger partial charge in [-0.05, 0) is 6.92 Å². The van der Waals surface area contributed by atoms with Gasteiger partial charge in [-0.1, -0.05) is 11.6 Å². The first kappa shape index (κ1) is 7.21. The maximum atomic E-state index is 10.7. The molecule has 1 aliphatic rings. The minimum absolute atomic E-state index is 0.0498. The zero-order chi connectivity index (χ0) is 7.72. The largest absolute Gasteiger partial charge is 0.348 e. The summed E-state index contributed by atoms with van der Waals surface area (Å²) in [6, 6.07) is -0.687. The van der Waals surface area contributed by atoms with E-state index in [4.69, 9.17) is 11.6 Å². The summed E-state index contributed by atoms with van der Waals surface area (Å²) in [4.78, 5) is 24.5. The van der Waals surface area contributed by atoms with Crippen LogP contribution in [0.1, 0.15) is 6.92 Å². The highest BCUT2D eigenvalue weighted by Crippen LogP contribution is 2.07. The number of nitrogens with zero attached hydrogens (tertiary/aromatic N) is 1. The molecule has 0 aromatic heterocycles. The van der Waals surface area contributed by atoms with Gasteiger partial charge in [0, 0.05) is 0 Å². The molecular formula is C5H5ClN2O2. The predicted molar refractivity (Wildman–Crippen MR) is 36.0 cm³/mol. The number of aliphatic imine (C=N–C) groups is 1. The summed E-state index contributed by atoms with van der Waals surface area (Å²) in [5.41, 5.74) is 0. The van der Waals surface area contributed by atoms with Crippen molar-refractivity contribution in [1.82, 2.24) is 5.32 Å². The number of carbonyl (C=O) groups excluding carboxylic acids is 2. The Balaban J connectivity index is 2.91. The monoisotopic (exact) mass is 160 g/mol. The molecule has 1 heterocycles. The minimum Gasteiger partial charge on any atom is -0.276 e. The Morgan fingerprint density at radius 1 is 1.60 bits per heavy atom. The van der Waals surface area contributed by atoms with E-state index in [1.165, 1.54) is 0 Å². The summed E-state index contributed by atoms with van der Waals surface area (Å²) in [6.45, 7) is 1.58. The number of nitrogens with one attached hydrogen (secondary N) is 1. The molecule has 0 bridgehead atoms. The first-order valence-electron chi connectivity index (χ1n) is 2.70. The highest BCUT2D eigenvalue weighted by Gasteiger charge is 2.24. The van der Waals surface area contributed by atoms with Gasteiger partial charge in [-0.15, -0.1) is 0 Å². The van der Waals surface area contributed by atoms with Crippen LogP contribution in [0.2, 0.25) is 0 Å². The Labute approximate surface area is 62.3 Å². The van der Waals surface area contributed by atoms with E-state index in [0.717, 1.165) is 0 Å². The molecule has 5 heteroatoms. The zero-order valence-electron chi connectivity index (χ0n) is 5.22. The molecule has 1 N–H and O–H groups in total. The first-order chi connectivity index (χ1) is 4.61. The molecule has 0 aromatic carbocycles. The molecule has 0 radical (unpaired) electrons. The van der Waals surface area contributed by atoms with Crippen molar-refractivity contribution < 1.29 is 9.59 Å². The second-order valence-corrected chi connectivity index (χ2v) is 2.34. The number of urea groups is 1. The quantitative estimate of drug-likeness (QED) is 0.561. The van der Waals surface area contributed by atoms with Gasteiger partial charge in [0.05, 0.1) is 5.92 Å². The van der Waals surface area contributed by atoms with Crippen molar-refractivity contribution in [1.29, 1.82) is 0 Å². The van der Waals surface area contributed by atoms with Crippen molar-refractivity contribution in [2.24, 2.45) is 10.9 Å². The molecule has 0 unspecified atom stereocenters. The lowest BCUT2D eigenvalue weighted by atomic mass is 10.2. The number of carbonyl (C=O) groups is 2. The normalized spacial score (nSPS) is 25.8. The smallest absolute Gasteiger partial charge is 0.276 e. The molecule has 4 nitrogen and oxygen atoms in total. The van der Waals surface area contributed by atoms with Crippen LogP contribution in [0.3, 0.4) is 0 Å². The summed E-state index contributed by atoms with van der Waals surface area (Å²) < 4.78 is 0. The van der Waals surface area contributed by atoms with E-state index in [2.05, 4.69) is 4.99 Å². The van der Waals surface area contributed by atoms with Crippen LogP contribution in [0, 0.1) is 5.92 Å². The van der Waals surface area contributed by atoms with Gasteiger partial charge in [-0.3, -0.25) is 10.1 Å². The van der Waals surface area contributed by atoms with Gasteiger partial charge in [0.25, 0.3) is 0 Å². The molecule has 0 aromatic rings. The standard InChI is InChI=1S/C5H5ClN2O2/c1-2-3(6)7-5(10)8-4(2)9/h2H,1H3,(H,8,9,10)/t2-/m1/s1. The number of rotatable bonds is 0. The molecule has 0 aliphatic carbocycles. The van der Waals surface area contributed by atoms with E-state index in [1.807, 2.05) is 5.32 Å². The van der Waals surface area contributed by atoms with Gasteiger partial charge in [-0.25, -0.2) is 4.79 Å². The number of hydrogen-bond acceptors (Lipinski definition) is 2. The zero-order valence-corrected chi connectivity index (χ0v) is 5.97. The molecule has 0 spiro atoms. The van der Waals surface area contributed by atoms with E-state index < -0.39 is 17.9 Å². The van der Waals surface area contributed by atoms with E-state index in [9.17, 15) is 9.59 Å². The van der Waals surface area contributed by atoms with Gasteiger partial charge in [-0.2, -0.15) is 4.99 Å². The number of amides is 3. The molecule has 1 rings (SSSR count). The molecule has 3 amide bonds. The summed E-state index contributed by atoms with van der Waals surface area (Å²) in [6.07, 6.45) is 0. The van der Waals surface area contributed by atoms with Crippen molar-refractivity contribution in [3.8, 4) is 0 Å². The first-order valence-corrected chi connectivity index (χ1v) is 3.08. The van der Waals surface area contributed by atoms with Gasteiger partial charge >= 0.3 is 6.03 Å². The van der Waals surface area contributed by atoms with Crippen LogP contribution >= 0.6 is 11.6 Å². The van der Waals surface area contributed by atoms with E-state index in [1.54, 1.807) is 6.92 Å². The molecule has 0 saturated carbocycles. The van der Waals surface area contributed by atoms with Crippen molar-refractivity contribution in [2.45, 2.75) is 6.92 Å². The molecule has 10 heavy (non-hydrogen) atoms. The van der Waals surface area contributed by atoms with Crippen LogP contribution < -0.4 is 5.32 Å². The maximum absolute atomic E-state index is 10.7. The molecule has 54 valence electrons. The van der Waals surface area contributed by atoms with Crippen LogP contribution in [-0.4, -0.2) is 17.1 Å². The summed E-state index contributed by atoms with van der Waals surface area (Å²) >= 11 is 5.43. The van der Waals surface area contributed by atoms with Gasteiger partial charge in [0.15, 0.2) is 0 Å². The average molecular weight is 161 g/mol. The third-order valence-electron chi connectivity index (χ3n) is 1.19. The second kappa shape index (κ2) is 2.38. The highest BCUT2D eigenvalue weighted by molar-refractivity contribution is 6.68. The lowest BCUT2D eigenvalue weighted by Gasteiger charge is -2.12. The summed E-state index contributed by atoms with van der Waals surface area (Å²) in [7, 11) is 0. The van der Waals surface area contributed by atoms with Gasteiger partial charge in [0.1, 0.15) is 5.17 Å². The van der Waals surface area contributed by atoms with E-state index >= 15 is 0 Å². The van der Waals surface area contributed by atoms with E-state index in [0.29, 0.717) is 0 Å². The van der Waals surface area contributed by atoms with Gasteiger partial charge in [0.2, 0.25) is 5.91 Å². The Morgan fingerprint density at radius 2 is 2.20 bits per heavy atom. The SMILES string of the molecule is C[C@H]1C(=O)NC(=O)N=C1Cl. The highest BCUT2D eigenvalue weighted by atomic mass is 35.5. The Kier molecular flexibility index (Phi) is 1.72. The topological polar surface area (TPSA) is 58.5 Å². The molecular weight excluding hydrogens is 156 g/mol. The fraction of sp³-hybridized carbons (Fsp3) is 0.400. The van der Waals surface area contributed by atoms with Crippen LogP contribution in [-0.2, 0) is 4.79 Å². The van der Waals surface area contributed by atoms with Crippen LogP contribution in [0.25, 0.3) is 0 Å². The molecule has 1 aliphatic heterocycles. The Hall–Kier alpha value is -0.900. The fourth-order valence-electron chi connectivity index (χ4n) is 0.544. The number of hydrogen-bond donors (Lipinski definition) is 1. The number of halogens is 1. The van der Waals surface area contributed by atoms with Crippen molar-refractivity contribution >= 4 is 28.7 Å². The Morgan fingerprint density at radius 3 is 2.70 bits per heavy atom. The summed E-state index contributed by atoms with van der Waals surface area (Å²) in [5, 5.41) is 2.06. The van der Waals surface area contributed by atoms with Crippen molar-refractivity contribution in [3.05, 3.63) is 0 Å². The summed E-state index contributed by atoms with van der Waals surface area (Å²) in [5.74, 6) is -0.899. The molecule has 1 atom stereocenters. The van der Waals surface area contributed by atoms with Crippen LogP contribution in [0.5, 0.6) is 0 Å². The van der Waals surface area contributed by atoms with Crippen molar-refractivity contribution in [2.75, 3.05) is 0 Å². The van der Waals surface area contributed by atoms with E-state index in [-0.39, 0.29) is 5.17 Å². The second-order valence-electron chi connectivity index (χ2n) is 1.95. The Bertz CT molecular complexity index is 224. The lowest BCUT2D eigenvalue weighted by Crippen LogP contribution is -2.39. The minimum atomic E-state index is -0.687. The average Bonchev–Trinajstić information content (AvgIpc) is 1.82. The fourth-order valence-corrected chi connectivity index (χ4v) is 0.719. The lowest BCUT2D eigenvalue weighted by molar-refractivity contribution is -0.121. The van der Waals surface area contributed by atoms with Crippen molar-refractivity contribution in [3.63, 3.8) is 0 Å². The third kappa shape index (κ3) is 1.16. The predicted octanol–water partition coefficient (Wildman–Crippen LogP) is 0.510. The molecule has 0 fully saturated rings. The van der Waals surface area contributed by atoms with Gasteiger partial charge < -0.3 is 0 Å². The van der Waals surface area contributed by atoms with Crippen LogP contribution in [0.4, 0.5) is 4.79 Å². The number of imide groups is 1. The maximum Gasteiger partial charge on any atom is 0.348 e.